The number of thioether (sulfide) groups is 4. The Morgan fingerprint density at radius 2 is 1.56 bits per heavy atom. The molecule has 2 aromatic heterocycles. The van der Waals surface area contributed by atoms with E-state index >= 15 is 0 Å². The number of aromatic nitrogens is 6. The van der Waals surface area contributed by atoms with Gasteiger partial charge in [0.05, 0.1) is 65.4 Å². The Balaban J connectivity index is 0.000000229. The number of fused-ring (bicyclic) bond motifs is 2. The number of halogens is 1. The first kappa shape index (κ1) is 102. The quantitative estimate of drug-likeness (QED) is 0.00269. The van der Waals surface area contributed by atoms with E-state index in [4.69, 9.17) is 66.7 Å². The molecule has 682 valence electrons. The Morgan fingerprint density at radius 3 is 2.11 bits per heavy atom. The monoisotopic (exact) mass is 1880 g/mol. The molecule has 7 amide bonds. The first-order chi connectivity index (χ1) is 57.8. The summed E-state index contributed by atoms with van der Waals surface area (Å²) in [4.78, 5) is 162. The van der Waals surface area contributed by atoms with Crippen molar-refractivity contribution in [3.63, 3.8) is 0 Å². The molecule has 6 fully saturated rings. The van der Waals surface area contributed by atoms with E-state index in [1.54, 1.807) is 52.2 Å². The van der Waals surface area contributed by atoms with Crippen molar-refractivity contribution in [1.82, 2.24) is 55.4 Å². The number of oxime groups is 1. The van der Waals surface area contributed by atoms with Crippen molar-refractivity contribution in [1.29, 1.82) is 0 Å². The number of allylic oxidation sites excluding steroid dienone is 1. The molecule has 8 aliphatic heterocycles. The minimum atomic E-state index is -4.74. The van der Waals surface area contributed by atoms with Crippen LogP contribution in [0, 0.1) is 11.8 Å². The number of methoxy groups -OCH3 is 1. The molecular formula is C72H97ClN15O30S6+. The Morgan fingerprint density at radius 1 is 0.911 bits per heavy atom. The number of hydrogen-bond acceptors (Lipinski definition) is 34. The lowest BCUT2D eigenvalue weighted by molar-refractivity contribution is -0.663. The second kappa shape index (κ2) is 44.2. The molecule has 0 spiro atoms. The standard InChI is InChI=1S/C26H44O9.C17H17N7O8S4.C16H16ClN3O4.C13H17N5O8S2.H2O/c1-16(13-23(30)33-11-9-7-5-4-6-8-10-22(28)29)12-20-25(32)24(31)19(15-34-20)14-21-26(35-21)17(2)18(3)27;1-23-16(20-21-22-23)34-4-5-3-33-15-17(32-2,14(31)24(15)7(5)11(29)30)19-9(26)13-35-12(36-13)6(8(18)25)10(27)28;17-9-6-7-10-12(15(22)20(10)13(9)16(23)24)19-14(21)11(18)8-4-2-1-3-5-8;1-6-8(11(20)18(6)28(23,24)25)14-10(19)9(7-5-27-17(4)15-7)16-26-13(2,3)12(21)22;/h13,17-21,24-27,31-32H,4-12,14-15H2,1-3H3,(H,28,29);13,15H,3-4H2,1-2H3,(H2,18,25)(H,19,26)(H,27,28)(H,29,30);1-5,10-12H,6-7,18H2,(H,19,21)(H,23,24);5-6,8H,1-4H3,(H2-,14,19,21,22,23,24,25);1H2/p+1/b16-13+;;;16-9-;/t;13?,15-,17+;10-,11-,12+;6-,8-;/m.110./s1. The number of nitrogens with zero attached hydrogens (tertiary/aromatic N) is 10. The normalized spacial score (nSPS) is 25.2. The summed E-state index contributed by atoms with van der Waals surface area (Å²) in [6.07, 6.45) is 5.46. The van der Waals surface area contributed by atoms with Crippen LogP contribution in [-0.4, -0.2) is 295 Å². The minimum Gasteiger partial charge on any atom is -0.481 e. The maximum atomic E-state index is 13.2. The van der Waals surface area contributed by atoms with Crippen LogP contribution in [0.25, 0.3) is 0 Å². The molecule has 1 aromatic carbocycles. The number of amides is 7. The Kier molecular flexibility index (Phi) is 36.3. The number of primary amides is 1. The highest BCUT2D eigenvalue weighted by Gasteiger charge is 2.67. The van der Waals surface area contributed by atoms with Crippen LogP contribution in [0.5, 0.6) is 0 Å². The number of hydrogen-bond donors (Lipinski definition) is 14. The number of ether oxygens (including phenoxy) is 4. The molecule has 52 heteroatoms. The van der Waals surface area contributed by atoms with Gasteiger partial charge in [-0.1, -0.05) is 121 Å². The van der Waals surface area contributed by atoms with Gasteiger partial charge in [-0.05, 0) is 98.8 Å². The van der Waals surface area contributed by atoms with E-state index in [1.807, 2.05) is 13.0 Å². The highest BCUT2D eigenvalue weighted by molar-refractivity contribution is 8.39. The van der Waals surface area contributed by atoms with Gasteiger partial charge in [0.1, 0.15) is 51.2 Å². The summed E-state index contributed by atoms with van der Waals surface area (Å²) in [5, 5.41) is 104. The molecule has 8 unspecified atom stereocenters. The van der Waals surface area contributed by atoms with Crippen molar-refractivity contribution < 1.29 is 149 Å². The molecule has 45 nitrogen and oxygen atoms in total. The predicted octanol–water partition coefficient (Wildman–Crippen LogP) is -0.849. The van der Waals surface area contributed by atoms with E-state index in [-0.39, 0.29) is 78.1 Å². The van der Waals surface area contributed by atoms with Gasteiger partial charge in [-0.15, -0.1) is 16.9 Å². The zero-order valence-electron chi connectivity index (χ0n) is 68.0. The second-order valence-electron chi connectivity index (χ2n) is 29.6. The number of benzene rings is 1. The lowest BCUT2D eigenvalue weighted by Crippen LogP contribution is -2.81. The second-order valence-corrected chi connectivity index (χ2v) is 37.1. The number of rotatable bonds is 36. The van der Waals surface area contributed by atoms with Gasteiger partial charge in [-0.25, -0.2) is 33.0 Å². The van der Waals surface area contributed by atoms with Crippen molar-refractivity contribution in [2.75, 3.05) is 31.8 Å². The summed E-state index contributed by atoms with van der Waals surface area (Å²) < 4.78 is 55.7. The highest BCUT2D eigenvalue weighted by atomic mass is 35.5. The number of carbonyl (C=O) groups excluding carboxylic acids is 8. The average molecular weight is 1880 g/mol. The summed E-state index contributed by atoms with van der Waals surface area (Å²) in [6.45, 7) is 9.81. The van der Waals surface area contributed by atoms with Crippen LogP contribution in [0.1, 0.15) is 129 Å². The Hall–Kier alpha value is -9.33. The average Bonchev–Trinajstić information content (AvgIpc) is 0.858. The number of aliphatic hydroxyl groups is 3. The molecule has 0 bridgehead atoms. The van der Waals surface area contributed by atoms with Crippen LogP contribution in [0.2, 0.25) is 0 Å². The molecular weight excluding hydrogens is 1780 g/mol. The number of carbonyl (C=O) groups is 13. The number of unbranched alkanes of at least 4 members (excludes halogenated alkanes) is 5. The molecule has 0 aliphatic carbocycles. The molecule has 6 saturated heterocycles. The number of nitrogens with one attached hydrogen (secondary N) is 3. The van der Waals surface area contributed by atoms with Gasteiger partial charge in [0, 0.05) is 60.1 Å². The first-order valence-electron chi connectivity index (χ1n) is 37.9. The molecule has 3 aromatic rings. The Bertz CT molecular complexity index is 4780. The zero-order valence-corrected chi connectivity index (χ0v) is 73.6. The van der Waals surface area contributed by atoms with Crippen molar-refractivity contribution in [2.24, 2.45) is 42.6 Å². The van der Waals surface area contributed by atoms with Gasteiger partial charge in [-0.2, -0.15) is 8.42 Å². The van der Waals surface area contributed by atoms with Crippen LogP contribution in [0.15, 0.2) is 89.5 Å². The van der Waals surface area contributed by atoms with E-state index in [0.29, 0.717) is 67.2 Å². The molecule has 124 heavy (non-hydrogen) atoms. The molecule has 15 atom stereocenters. The number of esters is 1. The Labute approximate surface area is 734 Å². The van der Waals surface area contributed by atoms with Crippen molar-refractivity contribution in [3.05, 3.63) is 90.4 Å². The molecule has 18 N–H and O–H groups in total. The fraction of sp³-hybridized carbons (Fsp3) is 0.569. The number of epoxide rings is 1. The third kappa shape index (κ3) is 24.9. The summed E-state index contributed by atoms with van der Waals surface area (Å²) in [7, 11) is -0.294. The zero-order chi connectivity index (χ0) is 91.2. The van der Waals surface area contributed by atoms with Crippen LogP contribution < -0.4 is 31.5 Å². The van der Waals surface area contributed by atoms with Crippen molar-refractivity contribution >= 4 is 163 Å². The van der Waals surface area contributed by atoms with Gasteiger partial charge in [-0.3, -0.25) is 52.7 Å². The van der Waals surface area contributed by atoms with E-state index < -0.39 is 175 Å². The summed E-state index contributed by atoms with van der Waals surface area (Å²) in [5.41, 5.74) is 7.89. The number of aliphatic carboxylic acids is 5. The van der Waals surface area contributed by atoms with Gasteiger partial charge in [0.2, 0.25) is 22.6 Å². The number of β-lactam (4-membered cyclic amide) rings is 3. The van der Waals surface area contributed by atoms with E-state index in [2.05, 4.69) is 41.7 Å². The number of carboxylic acid groups (broad SMARTS) is 5. The maximum Gasteiger partial charge on any atom is 0.362 e. The lowest BCUT2D eigenvalue weighted by atomic mass is 9.85. The van der Waals surface area contributed by atoms with E-state index in [0.717, 1.165) is 77.0 Å². The molecule has 11 rings (SSSR count). The number of tetrazole rings is 1. The van der Waals surface area contributed by atoms with Crippen LogP contribution in [-0.2, 0) is 111 Å². The summed E-state index contributed by atoms with van der Waals surface area (Å²) in [6, 6.07) is 4.47. The topological polar surface area (TPSA) is 690 Å². The predicted molar refractivity (Wildman–Crippen MR) is 438 cm³/mol. The molecule has 0 radical (unpaired) electrons. The maximum absolute atomic E-state index is 13.2. The van der Waals surface area contributed by atoms with Gasteiger partial charge in [0.25, 0.3) is 35.3 Å². The number of nitrogens with two attached hydrogens (primary N) is 2. The van der Waals surface area contributed by atoms with E-state index in [1.165, 1.54) is 71.6 Å². The van der Waals surface area contributed by atoms with Gasteiger partial charge >= 0.3 is 46.1 Å². The van der Waals surface area contributed by atoms with Crippen LogP contribution >= 0.6 is 70.2 Å². The van der Waals surface area contributed by atoms with Gasteiger partial charge < -0.3 is 97.5 Å². The van der Waals surface area contributed by atoms with Crippen molar-refractivity contribution in [3.8, 4) is 0 Å². The minimum absolute atomic E-state index is 0. The number of carboxylic acids is 5. The van der Waals surface area contributed by atoms with E-state index in [9.17, 15) is 96.3 Å². The first-order valence-corrected chi connectivity index (χ1v) is 44.3. The highest BCUT2D eigenvalue weighted by Crippen LogP contribution is 2.54. The number of aliphatic hydroxyl groups excluding tert-OH is 3. The van der Waals surface area contributed by atoms with Gasteiger partial charge in [0.15, 0.2) is 30.0 Å². The van der Waals surface area contributed by atoms with Crippen LogP contribution in [0.3, 0.4) is 0 Å². The summed E-state index contributed by atoms with van der Waals surface area (Å²) >= 11 is 11.1. The fourth-order valence-electron chi connectivity index (χ4n) is 13.3. The smallest absolute Gasteiger partial charge is 0.362 e. The van der Waals surface area contributed by atoms with Crippen molar-refractivity contribution in [2.45, 2.75) is 205 Å². The molecule has 8 aliphatic rings. The third-order valence-corrected chi connectivity index (χ3v) is 27.8. The summed E-state index contributed by atoms with van der Waals surface area (Å²) in [5.74, 6) is -11.8. The molecule has 10 heterocycles. The third-order valence-electron chi connectivity index (χ3n) is 20.4. The lowest BCUT2D eigenvalue weighted by Gasteiger charge is -2.56. The number of aryl methyl sites for hydroxylation is 2. The SMILES string of the molecule is C/C(=C\C(=O)OCCCCCCCCC(=O)O)CC1OCC(CC2OC2C(C)C(C)O)C(O)C1O.CO[C@@]1(NC(=O)C2SC(=C(C(N)=O)C(=O)O)S2)C(=O)N2C(C(=O)O)=C(CSc3nnnn3C)CS[C@@H]21.C[C@H]1[C@H](NC(=O)/C(=N\OC(C)(C)C(=O)O)c2cs[n+](C)n2)C(=O)N1S(=O)(=O)O.N[C@@H](C(=O)N[C@@H]1C(=O)N2C(C(=O)O)=C(Cl)CC[C@H]12)c1ccccc1.O. The molecule has 0 saturated carbocycles. The van der Waals surface area contributed by atoms with Crippen LogP contribution in [0.4, 0.5) is 0 Å². The fourth-order valence-corrected chi connectivity index (χ4v) is 19.7. The largest absolute Gasteiger partial charge is 0.481 e.